The Hall–Kier alpha value is -6.03. The first-order valence-corrected chi connectivity index (χ1v) is 19.3. The standard InChI is InChI=1S/C45H47N5O5/c1-3-36(30-13-7-5-8-14-30)44(53)49-27-11-17-38(49)41(51)47-34-23-19-32(20-24-34)40-29-46-43(55-40)33-21-25-35(26-22-33)48-42(52)39-18-12-28-50(39)45(54)37(4-2)31-15-9-6-10-16-31/h5-10,13-16,19-26,29,36-39H,3-4,11-12,17-18,27-28H2,1-2H3,(H,47,51)(H,48,52)/t36-,37-,38?,39?/m1/s1. The van der Waals surface area contributed by atoms with Crippen LogP contribution < -0.4 is 10.6 Å². The molecule has 0 spiro atoms. The van der Waals surface area contributed by atoms with E-state index < -0.39 is 12.1 Å². The van der Waals surface area contributed by atoms with E-state index in [0.29, 0.717) is 61.8 Å². The summed E-state index contributed by atoms with van der Waals surface area (Å²) in [6, 6.07) is 33.1. The van der Waals surface area contributed by atoms with Crippen LogP contribution in [-0.2, 0) is 19.2 Å². The number of nitrogens with one attached hydrogen (secondary N) is 2. The van der Waals surface area contributed by atoms with Gasteiger partial charge < -0.3 is 24.9 Å². The molecule has 2 unspecified atom stereocenters. The molecule has 0 aliphatic carbocycles. The van der Waals surface area contributed by atoms with Gasteiger partial charge in [-0.15, -0.1) is 0 Å². The lowest BCUT2D eigenvalue weighted by molar-refractivity contribution is -0.138. The van der Waals surface area contributed by atoms with Crippen LogP contribution in [0.2, 0.25) is 0 Å². The van der Waals surface area contributed by atoms with Gasteiger partial charge in [-0.3, -0.25) is 19.2 Å². The van der Waals surface area contributed by atoms with Gasteiger partial charge in [-0.1, -0.05) is 74.5 Å². The number of likely N-dealkylation sites (tertiary alicyclic amines) is 2. The smallest absolute Gasteiger partial charge is 0.247 e. The van der Waals surface area contributed by atoms with Crippen LogP contribution in [0.3, 0.4) is 0 Å². The predicted molar refractivity (Wildman–Crippen MR) is 213 cm³/mol. The number of hydrogen-bond acceptors (Lipinski definition) is 6. The van der Waals surface area contributed by atoms with Gasteiger partial charge in [0.25, 0.3) is 0 Å². The van der Waals surface area contributed by atoms with Crippen LogP contribution in [-0.4, -0.2) is 63.6 Å². The van der Waals surface area contributed by atoms with E-state index in [1.807, 2.05) is 111 Å². The van der Waals surface area contributed by atoms with Crippen LogP contribution in [0.15, 0.2) is 120 Å². The molecular weight excluding hydrogens is 691 g/mol. The number of hydrogen-bond donors (Lipinski definition) is 2. The minimum atomic E-state index is -0.515. The molecule has 10 heteroatoms. The van der Waals surface area contributed by atoms with Crippen LogP contribution in [0.1, 0.15) is 75.3 Å². The van der Waals surface area contributed by atoms with Crippen molar-refractivity contribution in [1.29, 1.82) is 0 Å². The van der Waals surface area contributed by atoms with Crippen molar-refractivity contribution in [2.45, 2.75) is 76.3 Å². The Morgan fingerprint density at radius 3 is 1.51 bits per heavy atom. The van der Waals surface area contributed by atoms with E-state index in [0.717, 1.165) is 35.1 Å². The van der Waals surface area contributed by atoms with Gasteiger partial charge >= 0.3 is 0 Å². The van der Waals surface area contributed by atoms with E-state index in [2.05, 4.69) is 15.6 Å². The molecule has 4 amide bonds. The fourth-order valence-corrected chi connectivity index (χ4v) is 7.89. The van der Waals surface area contributed by atoms with Crippen LogP contribution in [0, 0.1) is 0 Å². The Morgan fingerprint density at radius 1 is 0.636 bits per heavy atom. The Morgan fingerprint density at radius 2 is 1.07 bits per heavy atom. The second-order valence-corrected chi connectivity index (χ2v) is 14.3. The SMILES string of the molecule is CC[C@@H](C(=O)N1CCCC1C(=O)Nc1ccc(-c2cnc(-c3ccc(NC(=O)C4CCCN4C(=O)[C@H](CC)c4ccccc4)cc3)o2)cc1)c1ccccc1. The van der Waals surface area contributed by atoms with E-state index in [1.54, 1.807) is 28.1 Å². The Bertz CT molecular complexity index is 1950. The van der Waals surface area contributed by atoms with Crippen LogP contribution in [0.4, 0.5) is 11.4 Å². The number of carbonyl (C=O) groups is 4. The zero-order valence-corrected chi connectivity index (χ0v) is 31.3. The summed E-state index contributed by atoms with van der Waals surface area (Å²) in [6.45, 7) is 5.14. The molecule has 4 aromatic carbocycles. The molecule has 2 aliphatic rings. The van der Waals surface area contributed by atoms with Crippen molar-refractivity contribution in [3.8, 4) is 22.8 Å². The molecule has 3 heterocycles. The largest absolute Gasteiger partial charge is 0.436 e. The maximum atomic E-state index is 13.6. The number of oxazole rings is 1. The summed E-state index contributed by atoms with van der Waals surface area (Å²) < 4.78 is 6.11. The summed E-state index contributed by atoms with van der Waals surface area (Å²) in [6.07, 6.45) is 5.82. The Labute approximate surface area is 321 Å². The van der Waals surface area contributed by atoms with E-state index in [1.165, 1.54) is 0 Å². The molecular formula is C45H47N5O5. The number of aromatic nitrogens is 1. The summed E-state index contributed by atoms with van der Waals surface area (Å²) in [5.74, 6) is 0.0539. The number of amides is 4. The molecule has 282 valence electrons. The van der Waals surface area contributed by atoms with Crippen LogP contribution in [0.25, 0.3) is 22.8 Å². The lowest BCUT2D eigenvalue weighted by atomic mass is 9.94. The van der Waals surface area contributed by atoms with Gasteiger partial charge in [-0.2, -0.15) is 0 Å². The molecule has 10 nitrogen and oxygen atoms in total. The summed E-state index contributed by atoms with van der Waals surface area (Å²) in [5, 5.41) is 6.01. The number of nitrogens with zero attached hydrogens (tertiary/aromatic N) is 3. The summed E-state index contributed by atoms with van der Waals surface area (Å²) in [7, 11) is 0. The van der Waals surface area contributed by atoms with Crippen LogP contribution in [0.5, 0.6) is 0 Å². The fraction of sp³-hybridized carbons (Fsp3) is 0.311. The van der Waals surface area contributed by atoms with E-state index in [9.17, 15) is 19.2 Å². The number of carbonyl (C=O) groups excluding carboxylic acids is 4. The monoisotopic (exact) mass is 737 g/mol. The summed E-state index contributed by atoms with van der Waals surface area (Å²) >= 11 is 0. The molecule has 0 radical (unpaired) electrons. The lowest BCUT2D eigenvalue weighted by Crippen LogP contribution is -2.45. The molecule has 5 aromatic rings. The molecule has 2 fully saturated rings. The molecule has 55 heavy (non-hydrogen) atoms. The first-order chi connectivity index (χ1) is 26.8. The summed E-state index contributed by atoms with van der Waals surface area (Å²) in [4.78, 5) is 61.9. The Kier molecular flexibility index (Phi) is 11.5. The third kappa shape index (κ3) is 8.23. The third-order valence-electron chi connectivity index (χ3n) is 10.8. The quantitative estimate of drug-likeness (QED) is 0.133. The first-order valence-electron chi connectivity index (χ1n) is 19.3. The minimum absolute atomic E-state index is 0.00411. The van der Waals surface area contributed by atoms with Gasteiger partial charge in [0.2, 0.25) is 29.5 Å². The number of benzene rings is 4. The third-order valence-corrected chi connectivity index (χ3v) is 10.8. The zero-order chi connectivity index (χ0) is 38.3. The second kappa shape index (κ2) is 17.0. The van der Waals surface area contributed by atoms with E-state index in [-0.39, 0.29) is 35.5 Å². The lowest BCUT2D eigenvalue weighted by Gasteiger charge is -2.28. The number of anilines is 2. The predicted octanol–water partition coefficient (Wildman–Crippen LogP) is 8.26. The van der Waals surface area contributed by atoms with Gasteiger partial charge in [0.15, 0.2) is 5.76 Å². The van der Waals surface area contributed by atoms with Gasteiger partial charge in [-0.25, -0.2) is 4.98 Å². The normalized spacial score (nSPS) is 17.8. The van der Waals surface area contributed by atoms with Crippen molar-refractivity contribution >= 4 is 35.0 Å². The molecule has 4 atom stereocenters. The molecule has 0 bridgehead atoms. The number of rotatable bonds is 12. The second-order valence-electron chi connectivity index (χ2n) is 14.3. The van der Waals surface area contributed by atoms with Gasteiger partial charge in [-0.05, 0) is 98.2 Å². The van der Waals surface area contributed by atoms with Crippen molar-refractivity contribution in [2.75, 3.05) is 23.7 Å². The fourth-order valence-electron chi connectivity index (χ4n) is 7.89. The van der Waals surface area contributed by atoms with E-state index in [4.69, 9.17) is 4.42 Å². The highest BCUT2D eigenvalue weighted by Crippen LogP contribution is 2.31. The van der Waals surface area contributed by atoms with Crippen molar-refractivity contribution < 1.29 is 23.6 Å². The van der Waals surface area contributed by atoms with Crippen molar-refractivity contribution in [3.63, 3.8) is 0 Å². The molecule has 0 saturated carbocycles. The maximum Gasteiger partial charge on any atom is 0.247 e. The highest BCUT2D eigenvalue weighted by Gasteiger charge is 2.38. The highest BCUT2D eigenvalue weighted by molar-refractivity contribution is 5.99. The highest BCUT2D eigenvalue weighted by atomic mass is 16.4. The van der Waals surface area contributed by atoms with Crippen molar-refractivity contribution in [2.24, 2.45) is 0 Å². The van der Waals surface area contributed by atoms with Crippen LogP contribution >= 0.6 is 0 Å². The average Bonchev–Trinajstić information content (AvgIpc) is 4.02. The summed E-state index contributed by atoms with van der Waals surface area (Å²) in [5.41, 5.74) is 4.73. The molecule has 1 aromatic heterocycles. The van der Waals surface area contributed by atoms with Crippen molar-refractivity contribution in [1.82, 2.24) is 14.8 Å². The average molecular weight is 738 g/mol. The topological polar surface area (TPSA) is 125 Å². The molecule has 2 N–H and O–H groups in total. The minimum Gasteiger partial charge on any atom is -0.436 e. The van der Waals surface area contributed by atoms with Gasteiger partial charge in [0.1, 0.15) is 12.1 Å². The van der Waals surface area contributed by atoms with E-state index >= 15 is 0 Å². The molecule has 2 saturated heterocycles. The molecule has 2 aliphatic heterocycles. The maximum absolute atomic E-state index is 13.6. The Balaban J connectivity index is 0.944. The van der Waals surface area contributed by atoms with Gasteiger partial charge in [0, 0.05) is 35.6 Å². The zero-order valence-electron chi connectivity index (χ0n) is 31.3. The van der Waals surface area contributed by atoms with Gasteiger partial charge in [0.05, 0.1) is 18.0 Å². The molecule has 7 rings (SSSR count). The van der Waals surface area contributed by atoms with Crippen molar-refractivity contribution in [3.05, 3.63) is 127 Å². The first kappa shape index (κ1) is 37.3.